The van der Waals surface area contributed by atoms with Gasteiger partial charge < -0.3 is 9.73 Å². The lowest BCUT2D eigenvalue weighted by molar-refractivity contribution is 0.257. The molecule has 0 aromatic carbocycles. The van der Waals surface area contributed by atoms with Gasteiger partial charge in [0.15, 0.2) is 4.67 Å². The average Bonchev–Trinajstić information content (AvgIpc) is 2.43. The van der Waals surface area contributed by atoms with Crippen molar-refractivity contribution in [3.05, 3.63) is 22.6 Å². The Morgan fingerprint density at radius 1 is 1.36 bits per heavy atom. The number of halogens is 1. The predicted octanol–water partition coefficient (Wildman–Crippen LogP) is 1.84. The minimum absolute atomic E-state index is 0.820. The molecule has 4 heteroatoms. The van der Waals surface area contributed by atoms with Gasteiger partial charge in [0.1, 0.15) is 5.76 Å². The molecule has 1 aromatic heterocycles. The van der Waals surface area contributed by atoms with E-state index in [-0.39, 0.29) is 0 Å². The van der Waals surface area contributed by atoms with E-state index < -0.39 is 0 Å². The summed E-state index contributed by atoms with van der Waals surface area (Å²) in [6, 6.07) is 3.98. The molecule has 0 unspecified atom stereocenters. The molecule has 0 bridgehead atoms. The Kier molecular flexibility index (Phi) is 3.61. The van der Waals surface area contributed by atoms with Crippen LogP contribution in [0.25, 0.3) is 0 Å². The lowest BCUT2D eigenvalue weighted by Gasteiger charge is -2.17. The van der Waals surface area contributed by atoms with E-state index in [1.165, 1.54) is 6.42 Å². The second kappa shape index (κ2) is 4.96. The van der Waals surface area contributed by atoms with Crippen molar-refractivity contribution < 1.29 is 4.42 Å². The fourth-order valence-electron chi connectivity index (χ4n) is 1.72. The fraction of sp³-hybridized carbons (Fsp3) is 0.600. The molecular weight excluding hydrogens is 244 g/mol. The van der Waals surface area contributed by atoms with Gasteiger partial charge in [-0.1, -0.05) is 0 Å². The Labute approximate surface area is 92.6 Å². The second-order valence-corrected chi connectivity index (χ2v) is 4.37. The number of furan rings is 1. The Bertz CT molecular complexity index is 279. The first-order valence-electron chi connectivity index (χ1n) is 5.02. The van der Waals surface area contributed by atoms with Crippen molar-refractivity contribution in [2.45, 2.75) is 13.0 Å². The first-order valence-corrected chi connectivity index (χ1v) is 5.81. The molecule has 1 saturated heterocycles. The van der Waals surface area contributed by atoms with E-state index in [1.807, 2.05) is 12.1 Å². The van der Waals surface area contributed by atoms with Gasteiger partial charge >= 0.3 is 0 Å². The Morgan fingerprint density at radius 3 is 3.07 bits per heavy atom. The number of nitrogens with zero attached hydrogens (tertiary/aromatic N) is 1. The molecule has 2 heterocycles. The minimum atomic E-state index is 0.820. The highest BCUT2D eigenvalue weighted by atomic mass is 79.9. The van der Waals surface area contributed by atoms with Crippen LogP contribution in [0.2, 0.25) is 0 Å². The first-order chi connectivity index (χ1) is 6.84. The maximum absolute atomic E-state index is 5.48. The van der Waals surface area contributed by atoms with Gasteiger partial charge in [0.05, 0.1) is 6.54 Å². The topological polar surface area (TPSA) is 28.4 Å². The van der Waals surface area contributed by atoms with Crippen LogP contribution in [0.3, 0.4) is 0 Å². The van der Waals surface area contributed by atoms with E-state index in [2.05, 4.69) is 26.1 Å². The van der Waals surface area contributed by atoms with E-state index >= 15 is 0 Å². The maximum atomic E-state index is 5.48. The van der Waals surface area contributed by atoms with E-state index in [0.717, 1.165) is 43.2 Å². The largest absolute Gasteiger partial charge is 0.453 e. The third-order valence-electron chi connectivity index (χ3n) is 2.44. The van der Waals surface area contributed by atoms with Crippen LogP contribution in [0.1, 0.15) is 12.2 Å². The zero-order valence-electron chi connectivity index (χ0n) is 8.13. The summed E-state index contributed by atoms with van der Waals surface area (Å²) in [5.41, 5.74) is 0. The smallest absolute Gasteiger partial charge is 0.169 e. The SMILES string of the molecule is Brc1ccc(CN2CCCNCC2)o1. The third kappa shape index (κ3) is 2.83. The molecule has 0 saturated carbocycles. The summed E-state index contributed by atoms with van der Waals surface area (Å²) >= 11 is 3.31. The summed E-state index contributed by atoms with van der Waals surface area (Å²) in [6.07, 6.45) is 1.22. The van der Waals surface area contributed by atoms with Crippen LogP contribution >= 0.6 is 15.9 Å². The zero-order chi connectivity index (χ0) is 9.80. The van der Waals surface area contributed by atoms with Crippen LogP contribution in [0.4, 0.5) is 0 Å². The lowest BCUT2D eigenvalue weighted by Crippen LogP contribution is -2.27. The summed E-state index contributed by atoms with van der Waals surface area (Å²) in [7, 11) is 0. The summed E-state index contributed by atoms with van der Waals surface area (Å²) in [4.78, 5) is 2.42. The molecular formula is C10H15BrN2O. The van der Waals surface area contributed by atoms with Crippen LogP contribution in [-0.4, -0.2) is 31.1 Å². The highest BCUT2D eigenvalue weighted by Gasteiger charge is 2.10. The third-order valence-corrected chi connectivity index (χ3v) is 2.87. The molecule has 0 aliphatic carbocycles. The van der Waals surface area contributed by atoms with Crippen molar-refractivity contribution in [2.24, 2.45) is 0 Å². The summed E-state index contributed by atoms with van der Waals surface area (Å²) in [6.45, 7) is 5.41. The van der Waals surface area contributed by atoms with Crippen molar-refractivity contribution in [3.8, 4) is 0 Å². The van der Waals surface area contributed by atoms with Gasteiger partial charge in [0.2, 0.25) is 0 Å². The van der Waals surface area contributed by atoms with Crippen LogP contribution in [-0.2, 0) is 6.54 Å². The van der Waals surface area contributed by atoms with Crippen molar-refractivity contribution in [2.75, 3.05) is 26.2 Å². The Balaban J connectivity index is 1.89. The number of nitrogens with one attached hydrogen (secondary N) is 1. The Hall–Kier alpha value is -0.320. The van der Waals surface area contributed by atoms with Gasteiger partial charge in [-0.3, -0.25) is 4.90 Å². The molecule has 14 heavy (non-hydrogen) atoms. The minimum Gasteiger partial charge on any atom is -0.453 e. The number of hydrogen-bond donors (Lipinski definition) is 1. The lowest BCUT2D eigenvalue weighted by atomic mass is 10.3. The number of hydrogen-bond acceptors (Lipinski definition) is 3. The van der Waals surface area contributed by atoms with Crippen LogP contribution in [0.5, 0.6) is 0 Å². The molecule has 1 aliphatic heterocycles. The highest BCUT2D eigenvalue weighted by molar-refractivity contribution is 9.10. The van der Waals surface area contributed by atoms with E-state index in [4.69, 9.17) is 4.42 Å². The molecule has 78 valence electrons. The van der Waals surface area contributed by atoms with Crippen LogP contribution in [0.15, 0.2) is 21.2 Å². The van der Waals surface area contributed by atoms with Gasteiger partial charge in [-0.2, -0.15) is 0 Å². The quantitative estimate of drug-likeness (QED) is 0.878. The van der Waals surface area contributed by atoms with E-state index in [0.29, 0.717) is 0 Å². The fourth-order valence-corrected chi connectivity index (χ4v) is 2.06. The van der Waals surface area contributed by atoms with Crippen LogP contribution < -0.4 is 5.32 Å². The van der Waals surface area contributed by atoms with Crippen molar-refractivity contribution in [1.82, 2.24) is 10.2 Å². The molecule has 1 fully saturated rings. The molecule has 1 aromatic rings. The summed E-state index contributed by atoms with van der Waals surface area (Å²) < 4.78 is 6.30. The molecule has 0 radical (unpaired) electrons. The van der Waals surface area contributed by atoms with E-state index in [9.17, 15) is 0 Å². The van der Waals surface area contributed by atoms with Crippen molar-refractivity contribution >= 4 is 15.9 Å². The van der Waals surface area contributed by atoms with E-state index in [1.54, 1.807) is 0 Å². The average molecular weight is 259 g/mol. The zero-order valence-corrected chi connectivity index (χ0v) is 9.72. The van der Waals surface area contributed by atoms with Gasteiger partial charge in [0.25, 0.3) is 0 Å². The first kappa shape index (κ1) is 10.2. The molecule has 0 amide bonds. The molecule has 1 N–H and O–H groups in total. The summed E-state index contributed by atoms with van der Waals surface area (Å²) in [5, 5.41) is 3.39. The molecule has 1 aliphatic rings. The molecule has 3 nitrogen and oxygen atoms in total. The molecule has 0 spiro atoms. The Morgan fingerprint density at radius 2 is 2.29 bits per heavy atom. The van der Waals surface area contributed by atoms with Crippen molar-refractivity contribution in [3.63, 3.8) is 0 Å². The highest BCUT2D eigenvalue weighted by Crippen LogP contribution is 2.15. The van der Waals surface area contributed by atoms with Gasteiger partial charge in [-0.05, 0) is 47.6 Å². The predicted molar refractivity (Wildman–Crippen MR) is 59.2 cm³/mol. The normalized spacial score (nSPS) is 19.5. The van der Waals surface area contributed by atoms with Gasteiger partial charge in [-0.15, -0.1) is 0 Å². The molecule has 2 rings (SSSR count). The standard InChI is InChI=1S/C10H15BrN2O/c11-10-3-2-9(14-10)8-13-6-1-4-12-5-7-13/h2-3,12H,1,4-8H2. The number of rotatable bonds is 2. The van der Waals surface area contributed by atoms with Gasteiger partial charge in [-0.25, -0.2) is 0 Å². The van der Waals surface area contributed by atoms with Crippen LogP contribution in [0, 0.1) is 0 Å². The monoisotopic (exact) mass is 258 g/mol. The summed E-state index contributed by atoms with van der Waals surface area (Å²) in [5.74, 6) is 1.04. The second-order valence-electron chi connectivity index (χ2n) is 3.59. The van der Waals surface area contributed by atoms with Gasteiger partial charge in [0, 0.05) is 13.1 Å². The maximum Gasteiger partial charge on any atom is 0.169 e. The van der Waals surface area contributed by atoms with Crippen molar-refractivity contribution in [1.29, 1.82) is 0 Å². The molecule has 0 atom stereocenters.